The van der Waals surface area contributed by atoms with E-state index < -0.39 is 0 Å². The Hall–Kier alpha value is -2.82. The van der Waals surface area contributed by atoms with E-state index in [1.807, 2.05) is 43.3 Å². The molecule has 0 aliphatic carbocycles. The van der Waals surface area contributed by atoms with Crippen LogP contribution in [0.2, 0.25) is 0 Å². The second kappa shape index (κ2) is 7.83. The molecule has 0 atom stereocenters. The Morgan fingerprint density at radius 1 is 1.08 bits per heavy atom. The van der Waals surface area contributed by atoms with Crippen LogP contribution in [0.3, 0.4) is 0 Å². The van der Waals surface area contributed by atoms with Crippen LogP contribution in [0.15, 0.2) is 42.7 Å². The molecule has 5 nitrogen and oxygen atoms in total. The van der Waals surface area contributed by atoms with Crippen LogP contribution in [-0.4, -0.2) is 23.7 Å². The Labute approximate surface area is 148 Å². The molecule has 0 fully saturated rings. The number of ether oxygens (including phenoxy) is 2. The highest BCUT2D eigenvalue weighted by atomic mass is 16.5. The standard InChI is InChI=1S/C20H23N3O2/c1-4-5-10-25-19-12-17-18(11-14(19)2)21-13-22-20(17)23-15-6-8-16(24-3)9-7-15/h6-9,11-13H,4-5,10H2,1-3H3,(H,21,22,23). The molecule has 0 saturated heterocycles. The van der Waals surface area contributed by atoms with Crippen molar-refractivity contribution in [3.8, 4) is 11.5 Å². The number of hydrogen-bond acceptors (Lipinski definition) is 5. The minimum atomic E-state index is 0.720. The molecule has 0 saturated carbocycles. The SMILES string of the molecule is CCCCOc1cc2c(Nc3ccc(OC)cc3)ncnc2cc1C. The van der Waals surface area contributed by atoms with Crippen LogP contribution in [0.5, 0.6) is 11.5 Å². The van der Waals surface area contributed by atoms with Gasteiger partial charge in [0.25, 0.3) is 0 Å². The van der Waals surface area contributed by atoms with Gasteiger partial charge in [-0.15, -0.1) is 0 Å². The number of rotatable bonds is 7. The minimum absolute atomic E-state index is 0.720. The molecule has 1 heterocycles. The summed E-state index contributed by atoms with van der Waals surface area (Å²) in [6.07, 6.45) is 3.73. The van der Waals surface area contributed by atoms with Crippen LogP contribution in [0.1, 0.15) is 25.3 Å². The number of nitrogens with zero attached hydrogens (tertiary/aromatic N) is 2. The second-order valence-electron chi connectivity index (χ2n) is 5.91. The van der Waals surface area contributed by atoms with Crippen molar-refractivity contribution in [2.24, 2.45) is 0 Å². The maximum atomic E-state index is 5.92. The highest BCUT2D eigenvalue weighted by Crippen LogP contribution is 2.30. The summed E-state index contributed by atoms with van der Waals surface area (Å²) >= 11 is 0. The Kier molecular flexibility index (Phi) is 5.33. The molecule has 25 heavy (non-hydrogen) atoms. The lowest BCUT2D eigenvalue weighted by Crippen LogP contribution is -2.00. The van der Waals surface area contributed by atoms with Gasteiger partial charge in [-0.25, -0.2) is 9.97 Å². The Morgan fingerprint density at radius 3 is 2.60 bits per heavy atom. The van der Waals surface area contributed by atoms with E-state index >= 15 is 0 Å². The first kappa shape index (κ1) is 17.0. The number of benzene rings is 2. The largest absolute Gasteiger partial charge is 0.497 e. The summed E-state index contributed by atoms with van der Waals surface area (Å²) in [5.74, 6) is 2.46. The third-order valence-electron chi connectivity index (χ3n) is 4.04. The number of unbranched alkanes of at least 4 members (excludes halogenated alkanes) is 1. The minimum Gasteiger partial charge on any atom is -0.497 e. The monoisotopic (exact) mass is 337 g/mol. The van der Waals surface area contributed by atoms with Crippen LogP contribution in [0.4, 0.5) is 11.5 Å². The predicted octanol–water partition coefficient (Wildman–Crippen LogP) is 4.87. The number of aromatic nitrogens is 2. The number of fused-ring (bicyclic) bond motifs is 1. The Balaban J connectivity index is 1.92. The van der Waals surface area contributed by atoms with Crippen LogP contribution >= 0.6 is 0 Å². The molecular formula is C20H23N3O2. The predicted molar refractivity (Wildman–Crippen MR) is 101 cm³/mol. The molecular weight excluding hydrogens is 314 g/mol. The fourth-order valence-corrected chi connectivity index (χ4v) is 2.58. The molecule has 3 rings (SSSR count). The second-order valence-corrected chi connectivity index (χ2v) is 5.91. The number of anilines is 2. The van der Waals surface area contributed by atoms with Gasteiger partial charge in [-0.1, -0.05) is 13.3 Å². The summed E-state index contributed by atoms with van der Waals surface area (Å²) in [6.45, 7) is 4.92. The van der Waals surface area contributed by atoms with Gasteiger partial charge < -0.3 is 14.8 Å². The lowest BCUT2D eigenvalue weighted by atomic mass is 10.1. The van der Waals surface area contributed by atoms with E-state index in [0.29, 0.717) is 0 Å². The molecule has 1 N–H and O–H groups in total. The summed E-state index contributed by atoms with van der Waals surface area (Å²) in [4.78, 5) is 8.79. The number of aryl methyl sites for hydroxylation is 1. The van der Waals surface area contributed by atoms with Crippen LogP contribution < -0.4 is 14.8 Å². The van der Waals surface area contributed by atoms with Gasteiger partial charge in [0.05, 0.1) is 19.2 Å². The zero-order valence-corrected chi connectivity index (χ0v) is 14.9. The van der Waals surface area contributed by atoms with Gasteiger partial charge in [0, 0.05) is 11.1 Å². The first-order valence-electron chi connectivity index (χ1n) is 8.50. The maximum Gasteiger partial charge on any atom is 0.141 e. The Bertz CT molecular complexity index is 847. The van der Waals surface area contributed by atoms with E-state index in [1.165, 1.54) is 0 Å². The third-order valence-corrected chi connectivity index (χ3v) is 4.04. The number of hydrogen-bond donors (Lipinski definition) is 1. The van der Waals surface area contributed by atoms with Gasteiger partial charge in [0.2, 0.25) is 0 Å². The van der Waals surface area contributed by atoms with Crippen LogP contribution in [0.25, 0.3) is 10.9 Å². The highest BCUT2D eigenvalue weighted by molar-refractivity contribution is 5.92. The molecule has 0 aliphatic heterocycles. The highest BCUT2D eigenvalue weighted by Gasteiger charge is 2.09. The van der Waals surface area contributed by atoms with Crippen LogP contribution in [-0.2, 0) is 0 Å². The van der Waals surface area contributed by atoms with Gasteiger partial charge in [-0.3, -0.25) is 0 Å². The van der Waals surface area contributed by atoms with Crippen molar-refractivity contribution in [3.63, 3.8) is 0 Å². The summed E-state index contributed by atoms with van der Waals surface area (Å²) in [7, 11) is 1.66. The third kappa shape index (κ3) is 3.99. The normalized spacial score (nSPS) is 10.7. The molecule has 0 spiro atoms. The fourth-order valence-electron chi connectivity index (χ4n) is 2.58. The molecule has 3 aromatic rings. The molecule has 130 valence electrons. The Morgan fingerprint density at radius 2 is 1.88 bits per heavy atom. The summed E-state index contributed by atoms with van der Waals surface area (Å²) in [5, 5.41) is 4.29. The molecule has 0 bridgehead atoms. The quantitative estimate of drug-likeness (QED) is 0.623. The van der Waals surface area contributed by atoms with E-state index in [1.54, 1.807) is 13.4 Å². The first-order chi connectivity index (χ1) is 12.2. The van der Waals surface area contributed by atoms with Crippen molar-refractivity contribution in [2.75, 3.05) is 19.0 Å². The van der Waals surface area contributed by atoms with E-state index in [-0.39, 0.29) is 0 Å². The molecule has 0 radical (unpaired) electrons. The van der Waals surface area contributed by atoms with Gasteiger partial charge >= 0.3 is 0 Å². The zero-order valence-electron chi connectivity index (χ0n) is 14.9. The van der Waals surface area contributed by atoms with Gasteiger partial charge in [0.1, 0.15) is 23.6 Å². The fraction of sp³-hybridized carbons (Fsp3) is 0.300. The summed E-state index contributed by atoms with van der Waals surface area (Å²) in [5.41, 5.74) is 2.92. The molecule has 1 aromatic heterocycles. The van der Waals surface area contributed by atoms with Crippen molar-refractivity contribution in [2.45, 2.75) is 26.7 Å². The van der Waals surface area contributed by atoms with Crippen molar-refractivity contribution < 1.29 is 9.47 Å². The van der Waals surface area contributed by atoms with Crippen molar-refractivity contribution >= 4 is 22.4 Å². The lowest BCUT2D eigenvalue weighted by Gasteiger charge is -2.13. The molecule has 0 unspecified atom stereocenters. The lowest BCUT2D eigenvalue weighted by molar-refractivity contribution is 0.308. The van der Waals surface area contributed by atoms with Crippen LogP contribution in [0, 0.1) is 6.92 Å². The summed E-state index contributed by atoms with van der Waals surface area (Å²) in [6, 6.07) is 11.8. The topological polar surface area (TPSA) is 56.3 Å². The van der Waals surface area contributed by atoms with Crippen molar-refractivity contribution in [3.05, 3.63) is 48.3 Å². The maximum absolute atomic E-state index is 5.92. The smallest absolute Gasteiger partial charge is 0.141 e. The number of nitrogens with one attached hydrogen (secondary N) is 1. The van der Waals surface area contributed by atoms with Crippen molar-refractivity contribution in [1.29, 1.82) is 0 Å². The molecule has 0 amide bonds. The summed E-state index contributed by atoms with van der Waals surface area (Å²) < 4.78 is 11.1. The zero-order chi connectivity index (χ0) is 17.6. The van der Waals surface area contributed by atoms with E-state index in [9.17, 15) is 0 Å². The first-order valence-corrected chi connectivity index (χ1v) is 8.50. The molecule has 0 aliphatic rings. The number of methoxy groups -OCH3 is 1. The van der Waals surface area contributed by atoms with Crippen molar-refractivity contribution in [1.82, 2.24) is 9.97 Å². The molecule has 2 aromatic carbocycles. The average Bonchev–Trinajstić information content (AvgIpc) is 2.63. The molecule has 5 heteroatoms. The van der Waals surface area contributed by atoms with Gasteiger partial charge in [-0.2, -0.15) is 0 Å². The average molecular weight is 337 g/mol. The van der Waals surface area contributed by atoms with E-state index in [0.717, 1.165) is 58.9 Å². The van der Waals surface area contributed by atoms with E-state index in [4.69, 9.17) is 9.47 Å². The van der Waals surface area contributed by atoms with Gasteiger partial charge in [-0.05, 0) is 55.3 Å². The van der Waals surface area contributed by atoms with E-state index in [2.05, 4.69) is 22.2 Å². The van der Waals surface area contributed by atoms with Gasteiger partial charge in [0.15, 0.2) is 0 Å².